The fourth-order valence-electron chi connectivity index (χ4n) is 18.8. The maximum atomic E-state index is 2.56. The fourth-order valence-corrected chi connectivity index (χ4v) is 18.8. The standard InChI is InChI=1S/C98H60N2/c1-3-23-69-65(19-1)21-17-37-91(69)99-93-35-15-9-29-79(93)81-55-61(45-53-95(81)99)39-41-63-43-49-75-77-51-47-67(59-89(77)97(87(75)57-63)83-31-11-5-25-71(83)72-26-6-12-32-84(72)97)68-48-52-78-76-50-44-64(58-88(76)98(90(78)60-68)85-33-13-7-27-73(85)74-28-8-14-34-86(74)98)42-40-62-46-54-96-82(56-62)80-30-10-16-36-94(80)100(96)92-38-18-22-66-20-2-4-24-70(66)92/h1-60H. The van der Waals surface area contributed by atoms with Crippen LogP contribution in [0.2, 0.25) is 0 Å². The average molecular weight is 1270 g/mol. The second-order valence-electron chi connectivity index (χ2n) is 27.7. The molecule has 18 aromatic rings. The van der Waals surface area contributed by atoms with Crippen LogP contribution in [0.5, 0.6) is 0 Å². The number of benzene rings is 16. The van der Waals surface area contributed by atoms with Gasteiger partial charge < -0.3 is 9.13 Å². The van der Waals surface area contributed by atoms with Crippen molar-refractivity contribution in [3.05, 3.63) is 406 Å². The van der Waals surface area contributed by atoms with Crippen molar-refractivity contribution in [3.63, 3.8) is 0 Å². The van der Waals surface area contributed by atoms with E-state index in [4.69, 9.17) is 0 Å². The fraction of sp³-hybridized carbons (Fsp3) is 0.0204. The largest absolute Gasteiger partial charge is 0.309 e. The molecular formula is C98H60N2. The van der Waals surface area contributed by atoms with Gasteiger partial charge in [0, 0.05) is 32.3 Å². The molecule has 462 valence electrons. The maximum absolute atomic E-state index is 2.56. The van der Waals surface area contributed by atoms with Crippen LogP contribution in [0.25, 0.3) is 156 Å². The monoisotopic (exact) mass is 1260 g/mol. The van der Waals surface area contributed by atoms with Crippen LogP contribution < -0.4 is 0 Å². The molecular weight excluding hydrogens is 1210 g/mol. The molecule has 0 radical (unpaired) electrons. The Morgan fingerprint density at radius 1 is 0.190 bits per heavy atom. The zero-order valence-electron chi connectivity index (χ0n) is 54.5. The minimum absolute atomic E-state index is 0.552. The molecule has 0 N–H and O–H groups in total. The third-order valence-corrected chi connectivity index (χ3v) is 22.9. The first-order chi connectivity index (χ1) is 49.6. The molecule has 0 saturated carbocycles. The van der Waals surface area contributed by atoms with Crippen LogP contribution in [0.1, 0.15) is 66.8 Å². The first-order valence-corrected chi connectivity index (χ1v) is 34.9. The van der Waals surface area contributed by atoms with Crippen LogP contribution >= 0.6 is 0 Å². The maximum Gasteiger partial charge on any atom is 0.0725 e. The molecule has 0 amide bonds. The van der Waals surface area contributed by atoms with E-state index in [9.17, 15) is 0 Å². The summed E-state index contributed by atoms with van der Waals surface area (Å²) in [6, 6.07) is 128. The molecule has 0 fully saturated rings. The zero-order valence-corrected chi connectivity index (χ0v) is 54.5. The summed E-state index contributed by atoms with van der Waals surface area (Å²) in [5.74, 6) is 0. The third-order valence-electron chi connectivity index (χ3n) is 22.9. The van der Waals surface area contributed by atoms with E-state index in [2.05, 4.69) is 373 Å². The highest BCUT2D eigenvalue weighted by molar-refractivity contribution is 6.13. The smallest absolute Gasteiger partial charge is 0.0725 e. The van der Waals surface area contributed by atoms with Gasteiger partial charge in [-0.1, -0.05) is 291 Å². The highest BCUT2D eigenvalue weighted by atomic mass is 15.0. The second-order valence-corrected chi connectivity index (χ2v) is 27.7. The van der Waals surface area contributed by atoms with Crippen molar-refractivity contribution in [1.82, 2.24) is 9.13 Å². The lowest BCUT2D eigenvalue weighted by atomic mass is 9.69. The number of fused-ring (bicyclic) bond motifs is 28. The number of hydrogen-bond donors (Lipinski definition) is 0. The molecule has 0 unspecified atom stereocenters. The molecule has 2 nitrogen and oxygen atoms in total. The summed E-state index contributed by atoms with van der Waals surface area (Å²) in [5.41, 5.74) is 34.1. The Kier molecular flexibility index (Phi) is 11.5. The van der Waals surface area contributed by atoms with Gasteiger partial charge in [-0.2, -0.15) is 0 Å². The van der Waals surface area contributed by atoms with E-state index < -0.39 is 10.8 Å². The number of hydrogen-bond acceptors (Lipinski definition) is 0. The Hall–Kier alpha value is -12.9. The predicted octanol–water partition coefficient (Wildman–Crippen LogP) is 24.9. The Balaban J connectivity index is 0.660. The van der Waals surface area contributed by atoms with E-state index in [-0.39, 0.29) is 0 Å². The van der Waals surface area contributed by atoms with E-state index in [0.29, 0.717) is 0 Å². The Morgan fingerprint density at radius 2 is 0.480 bits per heavy atom. The molecule has 4 aliphatic carbocycles. The van der Waals surface area contributed by atoms with Crippen LogP contribution in [-0.4, -0.2) is 9.13 Å². The van der Waals surface area contributed by atoms with Gasteiger partial charge in [0.05, 0.1) is 44.3 Å². The molecule has 22 rings (SSSR count). The van der Waals surface area contributed by atoms with Crippen LogP contribution in [0, 0.1) is 0 Å². The van der Waals surface area contributed by atoms with Crippen molar-refractivity contribution in [3.8, 4) is 67.0 Å². The topological polar surface area (TPSA) is 9.86 Å². The van der Waals surface area contributed by atoms with Gasteiger partial charge in [-0.05, 0) is 206 Å². The minimum atomic E-state index is -0.552. The molecule has 0 saturated heterocycles. The zero-order chi connectivity index (χ0) is 65.4. The lowest BCUT2D eigenvalue weighted by Gasteiger charge is -2.31. The van der Waals surface area contributed by atoms with Gasteiger partial charge in [-0.25, -0.2) is 0 Å². The van der Waals surface area contributed by atoms with E-state index >= 15 is 0 Å². The molecule has 2 aromatic heterocycles. The van der Waals surface area contributed by atoms with Gasteiger partial charge in [0.15, 0.2) is 0 Å². The molecule has 100 heavy (non-hydrogen) atoms. The average Bonchev–Trinajstić information content (AvgIpc) is 1.51. The second kappa shape index (κ2) is 20.8. The Labute approximate surface area is 579 Å². The Morgan fingerprint density at radius 3 is 0.890 bits per heavy atom. The van der Waals surface area contributed by atoms with Crippen molar-refractivity contribution < 1.29 is 0 Å². The van der Waals surface area contributed by atoms with E-state index in [1.54, 1.807) is 0 Å². The molecule has 2 heteroatoms. The summed E-state index contributed by atoms with van der Waals surface area (Å²) in [6.07, 6.45) is 9.26. The van der Waals surface area contributed by atoms with Crippen molar-refractivity contribution in [2.24, 2.45) is 0 Å². The summed E-state index contributed by atoms with van der Waals surface area (Å²) in [5, 5.41) is 9.93. The summed E-state index contributed by atoms with van der Waals surface area (Å²) in [4.78, 5) is 0. The molecule has 16 aromatic carbocycles. The summed E-state index contributed by atoms with van der Waals surface area (Å²) in [7, 11) is 0. The molecule has 4 aliphatic rings. The highest BCUT2D eigenvalue weighted by Crippen LogP contribution is 2.66. The molecule has 0 bridgehead atoms. The van der Waals surface area contributed by atoms with Gasteiger partial charge in [0.2, 0.25) is 0 Å². The van der Waals surface area contributed by atoms with Crippen molar-refractivity contribution in [2.45, 2.75) is 10.8 Å². The van der Waals surface area contributed by atoms with Gasteiger partial charge in [0.1, 0.15) is 0 Å². The highest BCUT2D eigenvalue weighted by Gasteiger charge is 2.54. The first-order valence-electron chi connectivity index (χ1n) is 34.9. The van der Waals surface area contributed by atoms with Crippen LogP contribution in [0.15, 0.2) is 340 Å². The van der Waals surface area contributed by atoms with Gasteiger partial charge >= 0.3 is 0 Å². The molecule has 2 spiro atoms. The van der Waals surface area contributed by atoms with Crippen LogP contribution in [0.4, 0.5) is 0 Å². The van der Waals surface area contributed by atoms with Gasteiger partial charge in [-0.15, -0.1) is 0 Å². The predicted molar refractivity (Wildman–Crippen MR) is 419 cm³/mol. The summed E-state index contributed by atoms with van der Waals surface area (Å²) >= 11 is 0. The van der Waals surface area contributed by atoms with Crippen molar-refractivity contribution in [1.29, 1.82) is 0 Å². The lowest BCUT2D eigenvalue weighted by Crippen LogP contribution is -2.26. The van der Waals surface area contributed by atoms with Gasteiger partial charge in [0.25, 0.3) is 0 Å². The molecule has 0 atom stereocenters. The minimum Gasteiger partial charge on any atom is -0.309 e. The Bertz CT molecular complexity index is 6170. The van der Waals surface area contributed by atoms with E-state index in [1.807, 2.05) is 0 Å². The summed E-state index contributed by atoms with van der Waals surface area (Å²) in [6.45, 7) is 0. The lowest BCUT2D eigenvalue weighted by molar-refractivity contribution is 0.792. The van der Waals surface area contributed by atoms with Crippen LogP contribution in [-0.2, 0) is 10.8 Å². The van der Waals surface area contributed by atoms with E-state index in [0.717, 1.165) is 11.1 Å². The van der Waals surface area contributed by atoms with Gasteiger partial charge in [-0.3, -0.25) is 0 Å². The molecule has 2 heterocycles. The number of nitrogens with zero attached hydrogens (tertiary/aromatic N) is 2. The van der Waals surface area contributed by atoms with Crippen LogP contribution in [0.3, 0.4) is 0 Å². The summed E-state index contributed by atoms with van der Waals surface area (Å²) < 4.78 is 4.89. The number of para-hydroxylation sites is 2. The number of rotatable bonds is 7. The first kappa shape index (κ1) is 55.3. The number of aromatic nitrogens is 2. The molecule has 0 aliphatic heterocycles. The van der Waals surface area contributed by atoms with Crippen molar-refractivity contribution >= 4 is 89.5 Å². The quantitative estimate of drug-likeness (QED) is 0.141. The third kappa shape index (κ3) is 7.51. The van der Waals surface area contributed by atoms with E-state index in [1.165, 1.54) is 188 Å². The normalized spacial score (nSPS) is 13.9. The van der Waals surface area contributed by atoms with Crippen molar-refractivity contribution in [2.75, 3.05) is 0 Å². The SMILES string of the molecule is C(=Cc1ccc2c(c1)c1ccccc1n2-c1cccc2ccccc12)c1ccc2c(c1)C1(c3ccccc3-c3ccccc31)c1cc(-c3ccc4c(c3)C3(c5ccccc5-c5ccccc53)c3cc(C=Cc5ccc6c(c5)c5ccccc5n6-c5cccc6ccccc56)ccc3-4)ccc1-2.